The Bertz CT molecular complexity index is 338. The summed E-state index contributed by atoms with van der Waals surface area (Å²) >= 11 is 0. The van der Waals surface area contributed by atoms with Crippen molar-refractivity contribution in [1.82, 2.24) is 0 Å². The largest absolute Gasteiger partial charge is 0.481 e. The summed E-state index contributed by atoms with van der Waals surface area (Å²) in [5, 5.41) is 37.3. The number of hydrogen-bond acceptors (Lipinski definition) is 6. The lowest BCUT2D eigenvalue weighted by molar-refractivity contribution is -0.173. The van der Waals surface area contributed by atoms with E-state index in [9.17, 15) is 30.0 Å². The maximum absolute atomic E-state index is 12.1. The molecule has 1 unspecified atom stereocenters. The van der Waals surface area contributed by atoms with Crippen LogP contribution in [0.25, 0.3) is 0 Å². The predicted octanol–water partition coefficient (Wildman–Crippen LogP) is 0.164. The zero-order valence-corrected chi connectivity index (χ0v) is 12.7. The number of carbonyl (C=O) groups is 2. The van der Waals surface area contributed by atoms with Gasteiger partial charge >= 0.3 is 11.9 Å². The van der Waals surface area contributed by atoms with Crippen LogP contribution in [0.1, 0.15) is 39.5 Å². The number of aliphatic hydroxyl groups excluding tert-OH is 3. The van der Waals surface area contributed by atoms with E-state index in [1.165, 1.54) is 0 Å². The van der Waals surface area contributed by atoms with Gasteiger partial charge in [-0.3, -0.25) is 9.59 Å². The summed E-state index contributed by atoms with van der Waals surface area (Å²) < 4.78 is 5.01. The van der Waals surface area contributed by atoms with Crippen LogP contribution < -0.4 is 0 Å². The molecule has 1 atom stereocenters. The molecule has 124 valence electrons. The van der Waals surface area contributed by atoms with Crippen molar-refractivity contribution in [3.63, 3.8) is 0 Å². The van der Waals surface area contributed by atoms with Gasteiger partial charge in [-0.15, -0.1) is 0 Å². The maximum atomic E-state index is 12.1. The number of esters is 1. The van der Waals surface area contributed by atoms with E-state index in [4.69, 9.17) is 4.74 Å². The Morgan fingerprint density at radius 1 is 0.905 bits per heavy atom. The first-order valence-corrected chi connectivity index (χ1v) is 7.11. The number of rotatable bonds is 11. The van der Waals surface area contributed by atoms with E-state index >= 15 is 0 Å². The fourth-order valence-electron chi connectivity index (χ4n) is 2.19. The van der Waals surface area contributed by atoms with Crippen LogP contribution in [-0.4, -0.2) is 58.8 Å². The van der Waals surface area contributed by atoms with Gasteiger partial charge in [0.1, 0.15) is 17.4 Å². The second-order valence-corrected chi connectivity index (χ2v) is 5.42. The van der Waals surface area contributed by atoms with Crippen molar-refractivity contribution in [2.45, 2.75) is 39.5 Å². The summed E-state index contributed by atoms with van der Waals surface area (Å²) in [5.74, 6) is -2.08. The highest BCUT2D eigenvalue weighted by Crippen LogP contribution is 2.29. The van der Waals surface area contributed by atoms with Gasteiger partial charge in [-0.05, 0) is 12.8 Å². The molecule has 7 heteroatoms. The monoisotopic (exact) mass is 306 g/mol. The van der Waals surface area contributed by atoms with Gasteiger partial charge in [-0.2, -0.15) is 0 Å². The van der Waals surface area contributed by atoms with Crippen molar-refractivity contribution >= 4 is 11.9 Å². The molecular formula is C14H26O7. The van der Waals surface area contributed by atoms with Crippen molar-refractivity contribution in [3.8, 4) is 0 Å². The summed E-state index contributed by atoms with van der Waals surface area (Å²) in [7, 11) is 0. The van der Waals surface area contributed by atoms with Crippen LogP contribution in [0, 0.1) is 10.8 Å². The summed E-state index contributed by atoms with van der Waals surface area (Å²) in [4.78, 5) is 23.4. The molecule has 0 radical (unpaired) electrons. The van der Waals surface area contributed by atoms with E-state index in [1.54, 1.807) is 13.8 Å². The van der Waals surface area contributed by atoms with E-state index < -0.39 is 49.2 Å². The van der Waals surface area contributed by atoms with Crippen LogP contribution >= 0.6 is 0 Å². The number of ether oxygens (including phenoxy) is 1. The minimum Gasteiger partial charge on any atom is -0.481 e. The third-order valence-corrected chi connectivity index (χ3v) is 3.73. The third kappa shape index (κ3) is 4.66. The van der Waals surface area contributed by atoms with Crippen molar-refractivity contribution in [3.05, 3.63) is 0 Å². The average Bonchev–Trinajstić information content (AvgIpc) is 2.48. The van der Waals surface area contributed by atoms with Gasteiger partial charge in [0.25, 0.3) is 0 Å². The summed E-state index contributed by atoms with van der Waals surface area (Å²) in [6.07, 6.45) is 1.44. The van der Waals surface area contributed by atoms with Gasteiger partial charge in [0, 0.05) is 0 Å². The Labute approximate surface area is 124 Å². The molecule has 0 aromatic rings. The van der Waals surface area contributed by atoms with Crippen molar-refractivity contribution in [1.29, 1.82) is 0 Å². The first-order valence-electron chi connectivity index (χ1n) is 7.11. The molecule has 0 bridgehead atoms. The normalized spacial score (nSPS) is 14.5. The number of carboxylic acids is 1. The number of aliphatic hydroxyl groups is 3. The number of aliphatic carboxylic acids is 1. The first-order chi connectivity index (χ1) is 9.87. The number of hydrogen-bond donors (Lipinski definition) is 4. The van der Waals surface area contributed by atoms with Crippen LogP contribution in [0.2, 0.25) is 0 Å². The van der Waals surface area contributed by atoms with E-state index in [-0.39, 0.29) is 12.8 Å². The Balaban J connectivity index is 5.01. The minimum absolute atomic E-state index is 0.158. The van der Waals surface area contributed by atoms with Crippen molar-refractivity contribution in [2.24, 2.45) is 10.8 Å². The minimum atomic E-state index is -1.55. The molecule has 0 aliphatic carbocycles. The lowest BCUT2D eigenvalue weighted by Crippen LogP contribution is -2.45. The van der Waals surface area contributed by atoms with Crippen LogP contribution in [0.3, 0.4) is 0 Å². The molecule has 0 spiro atoms. The third-order valence-electron chi connectivity index (χ3n) is 3.73. The van der Waals surface area contributed by atoms with Gasteiger partial charge in [-0.1, -0.05) is 26.7 Å². The summed E-state index contributed by atoms with van der Waals surface area (Å²) in [5.41, 5.74) is -2.98. The quantitative estimate of drug-likeness (QED) is 0.401. The fraction of sp³-hybridized carbons (Fsp3) is 0.857. The highest BCUT2D eigenvalue weighted by Gasteiger charge is 2.43. The Hall–Kier alpha value is -1.18. The van der Waals surface area contributed by atoms with Gasteiger partial charge < -0.3 is 25.2 Å². The molecule has 0 saturated heterocycles. The molecule has 7 nitrogen and oxygen atoms in total. The molecule has 0 heterocycles. The van der Waals surface area contributed by atoms with Gasteiger partial charge in [-0.25, -0.2) is 0 Å². The van der Waals surface area contributed by atoms with Crippen LogP contribution in [0.15, 0.2) is 0 Å². The predicted molar refractivity (Wildman–Crippen MR) is 74.5 cm³/mol. The fourth-order valence-corrected chi connectivity index (χ4v) is 2.19. The molecule has 0 aliphatic rings. The lowest BCUT2D eigenvalue weighted by atomic mass is 9.83. The zero-order chi connectivity index (χ0) is 16.5. The summed E-state index contributed by atoms with van der Waals surface area (Å²) in [6.45, 7) is 1.25. The second-order valence-electron chi connectivity index (χ2n) is 5.42. The van der Waals surface area contributed by atoms with E-state index in [1.807, 2.05) is 0 Å². The highest BCUT2D eigenvalue weighted by molar-refractivity contribution is 5.79. The maximum Gasteiger partial charge on any atom is 0.316 e. The van der Waals surface area contributed by atoms with Crippen LogP contribution in [0.5, 0.6) is 0 Å². The Morgan fingerprint density at radius 2 is 1.33 bits per heavy atom. The SMILES string of the molecule is CCCC(CO)(COC(=O)C(CO)(CO)CCC)C(=O)O. The van der Waals surface area contributed by atoms with E-state index in [0.717, 1.165) is 0 Å². The van der Waals surface area contributed by atoms with Crippen molar-refractivity contribution in [2.75, 3.05) is 26.4 Å². The Morgan fingerprint density at radius 3 is 1.67 bits per heavy atom. The van der Waals surface area contributed by atoms with Gasteiger partial charge in [0.15, 0.2) is 0 Å². The first kappa shape index (κ1) is 19.8. The summed E-state index contributed by atoms with van der Waals surface area (Å²) in [6, 6.07) is 0. The molecule has 0 saturated carbocycles. The van der Waals surface area contributed by atoms with Crippen LogP contribution in [0.4, 0.5) is 0 Å². The zero-order valence-electron chi connectivity index (χ0n) is 12.7. The number of carbonyl (C=O) groups excluding carboxylic acids is 1. The smallest absolute Gasteiger partial charge is 0.316 e. The van der Waals surface area contributed by atoms with Gasteiger partial charge in [0.2, 0.25) is 0 Å². The lowest BCUT2D eigenvalue weighted by Gasteiger charge is -2.31. The molecule has 0 aromatic carbocycles. The standard InChI is InChI=1S/C14H26O7/c1-3-5-13(7-15,8-16)12(20)21-10-14(9-17,6-4-2)11(18)19/h15-17H,3-10H2,1-2H3,(H,18,19). The molecule has 0 amide bonds. The molecule has 0 fully saturated rings. The molecule has 0 aliphatic heterocycles. The molecule has 21 heavy (non-hydrogen) atoms. The average molecular weight is 306 g/mol. The molecular weight excluding hydrogens is 280 g/mol. The van der Waals surface area contributed by atoms with Crippen molar-refractivity contribution < 1.29 is 34.8 Å². The number of carboxylic acid groups (broad SMARTS) is 1. The van der Waals surface area contributed by atoms with E-state index in [2.05, 4.69) is 0 Å². The molecule has 0 rings (SSSR count). The topological polar surface area (TPSA) is 124 Å². The highest BCUT2D eigenvalue weighted by atomic mass is 16.5. The van der Waals surface area contributed by atoms with E-state index in [0.29, 0.717) is 12.8 Å². The van der Waals surface area contributed by atoms with Gasteiger partial charge in [0.05, 0.1) is 19.8 Å². The van der Waals surface area contributed by atoms with Crippen LogP contribution in [-0.2, 0) is 14.3 Å². The molecule has 0 aromatic heterocycles. The Kier molecular flexibility index (Phi) is 8.46. The molecule has 4 N–H and O–H groups in total. The second kappa shape index (κ2) is 8.96.